The normalized spacial score (nSPS) is 24.5. The molecule has 2 aliphatic rings. The smallest absolute Gasteiger partial charge is 0.322 e. The molecule has 2 aliphatic heterocycles. The van der Waals surface area contributed by atoms with E-state index >= 15 is 0 Å². The SMILES string of the molecule is CCNC(=NCCn1ccnc1)N1CCC(C2(C)NC(=O)NC2=O)CC1. The lowest BCUT2D eigenvalue weighted by atomic mass is 9.79. The van der Waals surface area contributed by atoms with E-state index in [0.717, 1.165) is 45.0 Å². The maximum Gasteiger partial charge on any atom is 0.322 e. The summed E-state index contributed by atoms with van der Waals surface area (Å²) in [5.74, 6) is 0.803. The maximum atomic E-state index is 12.1. The largest absolute Gasteiger partial charge is 0.357 e. The number of imidazole rings is 1. The van der Waals surface area contributed by atoms with Crippen LogP contribution in [-0.4, -0.2) is 64.1 Å². The van der Waals surface area contributed by atoms with Crippen molar-refractivity contribution in [2.24, 2.45) is 10.9 Å². The fourth-order valence-electron chi connectivity index (χ4n) is 3.63. The van der Waals surface area contributed by atoms with Crippen molar-refractivity contribution in [3.8, 4) is 0 Å². The number of urea groups is 1. The molecule has 1 unspecified atom stereocenters. The van der Waals surface area contributed by atoms with Crippen molar-refractivity contribution in [3.63, 3.8) is 0 Å². The maximum absolute atomic E-state index is 12.1. The van der Waals surface area contributed by atoms with E-state index in [9.17, 15) is 9.59 Å². The molecule has 3 amide bonds. The summed E-state index contributed by atoms with van der Waals surface area (Å²) in [5, 5.41) is 8.49. The Balaban J connectivity index is 1.57. The molecule has 3 rings (SSSR count). The van der Waals surface area contributed by atoms with Gasteiger partial charge in [0, 0.05) is 38.6 Å². The van der Waals surface area contributed by atoms with Crippen LogP contribution in [0, 0.1) is 5.92 Å². The highest BCUT2D eigenvalue weighted by molar-refractivity contribution is 6.07. The lowest BCUT2D eigenvalue weighted by molar-refractivity contribution is -0.125. The second-order valence-corrected chi connectivity index (χ2v) is 6.91. The number of amides is 3. The number of aliphatic imine (C=N–C) groups is 1. The van der Waals surface area contributed by atoms with Gasteiger partial charge in [-0.15, -0.1) is 0 Å². The van der Waals surface area contributed by atoms with Crippen molar-refractivity contribution >= 4 is 17.9 Å². The Labute approximate surface area is 153 Å². The van der Waals surface area contributed by atoms with Crippen molar-refractivity contribution in [2.45, 2.75) is 38.8 Å². The van der Waals surface area contributed by atoms with E-state index in [1.807, 2.05) is 17.7 Å². The van der Waals surface area contributed by atoms with Crippen LogP contribution in [0.4, 0.5) is 4.79 Å². The summed E-state index contributed by atoms with van der Waals surface area (Å²) < 4.78 is 2.00. The third kappa shape index (κ3) is 3.81. The van der Waals surface area contributed by atoms with E-state index in [2.05, 4.69) is 32.8 Å². The first-order valence-corrected chi connectivity index (χ1v) is 9.15. The third-order valence-electron chi connectivity index (χ3n) is 5.20. The average molecular weight is 361 g/mol. The van der Waals surface area contributed by atoms with Gasteiger partial charge < -0.3 is 20.1 Å². The van der Waals surface area contributed by atoms with E-state index < -0.39 is 11.6 Å². The summed E-state index contributed by atoms with van der Waals surface area (Å²) in [6.45, 7) is 7.75. The molecule has 0 aliphatic carbocycles. The van der Waals surface area contributed by atoms with E-state index in [1.54, 1.807) is 12.5 Å². The summed E-state index contributed by atoms with van der Waals surface area (Å²) in [5.41, 5.74) is -0.805. The monoisotopic (exact) mass is 361 g/mol. The number of nitrogens with one attached hydrogen (secondary N) is 3. The van der Waals surface area contributed by atoms with Crippen LogP contribution in [0.1, 0.15) is 26.7 Å². The molecular weight excluding hydrogens is 334 g/mol. The number of nitrogens with zero attached hydrogens (tertiary/aromatic N) is 4. The lowest BCUT2D eigenvalue weighted by Crippen LogP contribution is -2.55. The predicted octanol–water partition coefficient (Wildman–Crippen LogP) is 0.159. The van der Waals surface area contributed by atoms with E-state index in [4.69, 9.17) is 4.99 Å². The predicted molar refractivity (Wildman–Crippen MR) is 97.6 cm³/mol. The van der Waals surface area contributed by atoms with E-state index in [1.165, 1.54) is 0 Å². The van der Waals surface area contributed by atoms with Gasteiger partial charge in [0.15, 0.2) is 5.96 Å². The van der Waals surface area contributed by atoms with Gasteiger partial charge in [-0.25, -0.2) is 9.78 Å². The molecule has 1 aromatic heterocycles. The first kappa shape index (κ1) is 18.2. The highest BCUT2D eigenvalue weighted by Gasteiger charge is 2.48. The highest BCUT2D eigenvalue weighted by atomic mass is 16.2. The van der Waals surface area contributed by atoms with Gasteiger partial charge in [0.1, 0.15) is 5.54 Å². The van der Waals surface area contributed by atoms with Crippen molar-refractivity contribution in [3.05, 3.63) is 18.7 Å². The van der Waals surface area contributed by atoms with Crippen molar-refractivity contribution in [1.29, 1.82) is 0 Å². The van der Waals surface area contributed by atoms with Gasteiger partial charge in [-0.3, -0.25) is 15.1 Å². The fourth-order valence-corrected chi connectivity index (χ4v) is 3.63. The number of likely N-dealkylation sites (tertiary alicyclic amines) is 1. The molecule has 9 heteroatoms. The molecule has 1 atom stereocenters. The van der Waals surface area contributed by atoms with Gasteiger partial charge in [-0.1, -0.05) is 0 Å². The van der Waals surface area contributed by atoms with Gasteiger partial charge in [-0.05, 0) is 32.6 Å². The first-order valence-electron chi connectivity index (χ1n) is 9.15. The topological polar surface area (TPSA) is 104 Å². The van der Waals surface area contributed by atoms with Gasteiger partial charge in [-0.2, -0.15) is 0 Å². The number of piperidine rings is 1. The van der Waals surface area contributed by atoms with E-state index in [0.29, 0.717) is 6.54 Å². The molecule has 0 bridgehead atoms. The number of guanidine groups is 1. The Bertz CT molecular complexity index is 665. The molecular formula is C17H27N7O2. The highest BCUT2D eigenvalue weighted by Crippen LogP contribution is 2.30. The summed E-state index contributed by atoms with van der Waals surface area (Å²) in [7, 11) is 0. The Morgan fingerprint density at radius 3 is 2.77 bits per heavy atom. The van der Waals surface area contributed by atoms with Gasteiger partial charge in [0.05, 0.1) is 12.9 Å². The average Bonchev–Trinajstić information content (AvgIpc) is 3.23. The summed E-state index contributed by atoms with van der Waals surface area (Å²) in [4.78, 5) is 34.6. The van der Waals surface area contributed by atoms with Crippen LogP contribution < -0.4 is 16.0 Å². The van der Waals surface area contributed by atoms with E-state index in [-0.39, 0.29) is 11.8 Å². The van der Waals surface area contributed by atoms with Gasteiger partial charge >= 0.3 is 6.03 Å². The fraction of sp³-hybridized carbons (Fsp3) is 0.647. The quantitative estimate of drug-likeness (QED) is 0.394. The number of aromatic nitrogens is 2. The zero-order valence-electron chi connectivity index (χ0n) is 15.4. The van der Waals surface area contributed by atoms with Gasteiger partial charge in [0.25, 0.3) is 5.91 Å². The van der Waals surface area contributed by atoms with Crippen molar-refractivity contribution < 1.29 is 9.59 Å². The summed E-state index contributed by atoms with van der Waals surface area (Å²) in [6.07, 6.45) is 7.13. The van der Waals surface area contributed by atoms with Crippen LogP contribution in [0.15, 0.2) is 23.7 Å². The zero-order chi connectivity index (χ0) is 18.6. The number of carbonyl (C=O) groups is 2. The van der Waals surface area contributed by atoms with Crippen molar-refractivity contribution in [2.75, 3.05) is 26.2 Å². The second kappa shape index (κ2) is 7.76. The Kier molecular flexibility index (Phi) is 5.43. The van der Waals surface area contributed by atoms with Gasteiger partial charge in [0.2, 0.25) is 0 Å². The first-order chi connectivity index (χ1) is 12.5. The standard InChI is InChI=1S/C17H27N7O2/c1-3-19-15(20-7-11-23-10-6-18-12-23)24-8-4-13(5-9-24)17(2)14(25)21-16(26)22-17/h6,10,12-13H,3-5,7-9,11H2,1-2H3,(H,19,20)(H2,21,22,25,26). The number of imide groups is 1. The molecule has 3 N–H and O–H groups in total. The number of rotatable bonds is 5. The minimum Gasteiger partial charge on any atom is -0.357 e. The summed E-state index contributed by atoms with van der Waals surface area (Å²) >= 11 is 0. The molecule has 3 heterocycles. The minimum atomic E-state index is -0.805. The molecule has 1 aromatic rings. The number of hydrogen-bond acceptors (Lipinski definition) is 4. The molecule has 2 fully saturated rings. The van der Waals surface area contributed by atoms with Crippen LogP contribution in [0.5, 0.6) is 0 Å². The van der Waals surface area contributed by atoms with Crippen LogP contribution in [0.3, 0.4) is 0 Å². The van der Waals surface area contributed by atoms with Crippen LogP contribution in [0.2, 0.25) is 0 Å². The Morgan fingerprint density at radius 2 is 2.19 bits per heavy atom. The lowest BCUT2D eigenvalue weighted by Gasteiger charge is -2.39. The zero-order valence-corrected chi connectivity index (χ0v) is 15.4. The molecule has 0 aromatic carbocycles. The number of hydrogen-bond donors (Lipinski definition) is 3. The Morgan fingerprint density at radius 1 is 1.42 bits per heavy atom. The third-order valence-corrected chi connectivity index (χ3v) is 5.20. The molecule has 142 valence electrons. The molecule has 0 spiro atoms. The second-order valence-electron chi connectivity index (χ2n) is 6.91. The molecule has 0 radical (unpaired) electrons. The van der Waals surface area contributed by atoms with Crippen LogP contribution in [0.25, 0.3) is 0 Å². The van der Waals surface area contributed by atoms with Crippen LogP contribution >= 0.6 is 0 Å². The number of carbonyl (C=O) groups excluding carboxylic acids is 2. The molecule has 2 saturated heterocycles. The molecule has 9 nitrogen and oxygen atoms in total. The minimum absolute atomic E-state index is 0.124. The molecule has 0 saturated carbocycles. The molecule has 26 heavy (non-hydrogen) atoms. The van der Waals surface area contributed by atoms with Crippen molar-refractivity contribution in [1.82, 2.24) is 30.4 Å². The Hall–Kier alpha value is -2.58. The summed E-state index contributed by atoms with van der Waals surface area (Å²) in [6, 6.07) is -0.394. The van der Waals surface area contributed by atoms with Crippen LogP contribution in [-0.2, 0) is 11.3 Å².